The quantitative estimate of drug-likeness (QED) is 0.485. The van der Waals surface area contributed by atoms with Gasteiger partial charge in [-0.05, 0) is 25.2 Å². The van der Waals surface area contributed by atoms with Crippen LogP contribution < -0.4 is 0 Å². The normalized spacial score (nSPS) is 47.8. The molecule has 1 heterocycles. The number of carbonyl (C=O) groups excluding carboxylic acids is 1. The minimum atomic E-state index is -0.329. The largest absolute Gasteiger partial charge is 0.367 e. The van der Waals surface area contributed by atoms with Gasteiger partial charge in [-0.25, -0.2) is 0 Å². The second-order valence-electron chi connectivity index (χ2n) is 3.10. The Bertz CT molecular complexity index is 134. The smallest absolute Gasteiger partial charge is 0.151 e. The molecule has 9 heavy (non-hydrogen) atoms. The van der Waals surface area contributed by atoms with E-state index in [0.29, 0.717) is 5.92 Å². The molecule has 0 radical (unpaired) electrons. The average Bonchev–Trinajstić information content (AvgIpc) is 2.46. The van der Waals surface area contributed by atoms with E-state index in [2.05, 4.69) is 0 Å². The highest BCUT2D eigenvalue weighted by atomic mass is 16.5. The van der Waals surface area contributed by atoms with Crippen LogP contribution in [-0.2, 0) is 9.53 Å². The van der Waals surface area contributed by atoms with Crippen LogP contribution in [0.25, 0.3) is 0 Å². The molecular weight excluding hydrogens is 116 g/mol. The fourth-order valence-electron chi connectivity index (χ4n) is 1.84. The highest BCUT2D eigenvalue weighted by molar-refractivity contribution is 5.63. The fourth-order valence-corrected chi connectivity index (χ4v) is 1.84. The summed E-state index contributed by atoms with van der Waals surface area (Å²) in [5.74, 6) is 0.690. The number of aldehydes is 1. The second kappa shape index (κ2) is 1.57. The van der Waals surface area contributed by atoms with Crippen LogP contribution in [0.1, 0.15) is 19.3 Å². The summed E-state index contributed by atoms with van der Waals surface area (Å²) in [6, 6.07) is 0. The van der Waals surface area contributed by atoms with Gasteiger partial charge in [-0.1, -0.05) is 0 Å². The molecule has 0 aromatic heterocycles. The van der Waals surface area contributed by atoms with Gasteiger partial charge in [0, 0.05) is 0 Å². The molecular formula is C7H10O2. The van der Waals surface area contributed by atoms with Crippen LogP contribution in [0.4, 0.5) is 0 Å². The van der Waals surface area contributed by atoms with Crippen molar-refractivity contribution in [3.05, 3.63) is 0 Å². The minimum Gasteiger partial charge on any atom is -0.367 e. The Morgan fingerprint density at radius 1 is 1.67 bits per heavy atom. The van der Waals surface area contributed by atoms with Crippen molar-refractivity contribution in [2.24, 2.45) is 5.92 Å². The monoisotopic (exact) mass is 126 g/mol. The zero-order chi connectivity index (χ0) is 6.32. The molecule has 2 fully saturated rings. The molecule has 1 aliphatic carbocycles. The molecule has 2 atom stereocenters. The van der Waals surface area contributed by atoms with Gasteiger partial charge in [0.25, 0.3) is 0 Å². The van der Waals surface area contributed by atoms with Crippen molar-refractivity contribution in [3.8, 4) is 0 Å². The maximum Gasteiger partial charge on any atom is 0.151 e. The third-order valence-corrected chi connectivity index (χ3v) is 2.43. The number of ether oxygens (including phenoxy) is 1. The zero-order valence-electron chi connectivity index (χ0n) is 5.30. The van der Waals surface area contributed by atoms with Crippen LogP contribution in [0.2, 0.25) is 0 Å². The number of fused-ring (bicyclic) bond motifs is 2. The molecule has 0 spiro atoms. The lowest BCUT2D eigenvalue weighted by Crippen LogP contribution is -2.27. The molecule has 0 amide bonds. The molecule has 2 rings (SSSR count). The van der Waals surface area contributed by atoms with Crippen molar-refractivity contribution in [3.63, 3.8) is 0 Å². The van der Waals surface area contributed by atoms with Gasteiger partial charge in [0.1, 0.15) is 5.60 Å². The molecule has 1 saturated carbocycles. The van der Waals surface area contributed by atoms with Crippen LogP contribution in [0.3, 0.4) is 0 Å². The van der Waals surface area contributed by atoms with Gasteiger partial charge < -0.3 is 9.53 Å². The van der Waals surface area contributed by atoms with Gasteiger partial charge in [-0.2, -0.15) is 0 Å². The first kappa shape index (κ1) is 5.42. The van der Waals surface area contributed by atoms with Gasteiger partial charge >= 0.3 is 0 Å². The Morgan fingerprint density at radius 2 is 2.56 bits per heavy atom. The lowest BCUT2D eigenvalue weighted by atomic mass is 10.1. The summed E-state index contributed by atoms with van der Waals surface area (Å²) in [4.78, 5) is 10.5. The summed E-state index contributed by atoms with van der Waals surface area (Å²) in [6.45, 7) is 0.818. The van der Waals surface area contributed by atoms with Crippen LogP contribution in [0, 0.1) is 5.92 Å². The predicted octanol–water partition coefficient (Wildman–Crippen LogP) is 0.754. The Morgan fingerprint density at radius 3 is 2.78 bits per heavy atom. The molecule has 1 aliphatic heterocycles. The maximum absolute atomic E-state index is 10.5. The summed E-state index contributed by atoms with van der Waals surface area (Å²) in [5.41, 5.74) is -0.329. The lowest BCUT2D eigenvalue weighted by molar-refractivity contribution is -0.126. The first-order valence-corrected chi connectivity index (χ1v) is 3.45. The molecule has 0 N–H and O–H groups in total. The van der Waals surface area contributed by atoms with E-state index in [1.165, 1.54) is 6.42 Å². The molecule has 2 aliphatic rings. The number of carbonyl (C=O) groups is 1. The second-order valence-corrected chi connectivity index (χ2v) is 3.10. The summed E-state index contributed by atoms with van der Waals surface area (Å²) < 4.78 is 5.32. The molecule has 0 aromatic rings. The first-order chi connectivity index (χ1) is 4.35. The molecule has 50 valence electrons. The Labute approximate surface area is 54.2 Å². The molecule has 0 aromatic carbocycles. The summed E-state index contributed by atoms with van der Waals surface area (Å²) in [7, 11) is 0. The SMILES string of the molecule is O=CC12CCC(CO1)C2. The molecule has 2 bridgehead atoms. The van der Waals surface area contributed by atoms with E-state index in [1.54, 1.807) is 0 Å². The van der Waals surface area contributed by atoms with E-state index in [1.807, 2.05) is 0 Å². The number of hydrogen-bond acceptors (Lipinski definition) is 2. The highest BCUT2D eigenvalue weighted by Gasteiger charge is 2.45. The summed E-state index contributed by atoms with van der Waals surface area (Å²) in [6.07, 6.45) is 4.12. The molecule has 2 nitrogen and oxygen atoms in total. The van der Waals surface area contributed by atoms with Gasteiger partial charge in [0.2, 0.25) is 0 Å². The number of rotatable bonds is 1. The number of hydrogen-bond donors (Lipinski definition) is 0. The van der Waals surface area contributed by atoms with Crippen molar-refractivity contribution >= 4 is 6.29 Å². The molecule has 2 unspecified atom stereocenters. The van der Waals surface area contributed by atoms with Gasteiger partial charge in [0.05, 0.1) is 6.61 Å². The minimum absolute atomic E-state index is 0.329. The first-order valence-electron chi connectivity index (χ1n) is 3.45. The fraction of sp³-hybridized carbons (Fsp3) is 0.857. The van der Waals surface area contributed by atoms with E-state index in [-0.39, 0.29) is 5.60 Å². The van der Waals surface area contributed by atoms with Crippen molar-refractivity contribution in [1.82, 2.24) is 0 Å². The maximum atomic E-state index is 10.5. The Kier molecular flexibility index (Phi) is 0.943. The van der Waals surface area contributed by atoms with E-state index in [9.17, 15) is 4.79 Å². The average molecular weight is 126 g/mol. The lowest BCUT2D eigenvalue weighted by Gasteiger charge is -2.18. The third-order valence-electron chi connectivity index (χ3n) is 2.43. The molecule has 1 saturated heterocycles. The van der Waals surface area contributed by atoms with Crippen LogP contribution >= 0.6 is 0 Å². The third kappa shape index (κ3) is 0.628. The topological polar surface area (TPSA) is 26.3 Å². The van der Waals surface area contributed by atoms with E-state index < -0.39 is 0 Å². The van der Waals surface area contributed by atoms with Crippen molar-refractivity contribution in [2.75, 3.05) is 6.61 Å². The van der Waals surface area contributed by atoms with Gasteiger partial charge in [-0.15, -0.1) is 0 Å². The summed E-state index contributed by atoms with van der Waals surface area (Å²) in [5, 5.41) is 0. The van der Waals surface area contributed by atoms with E-state index in [0.717, 1.165) is 25.7 Å². The van der Waals surface area contributed by atoms with Gasteiger partial charge in [-0.3, -0.25) is 0 Å². The summed E-state index contributed by atoms with van der Waals surface area (Å²) >= 11 is 0. The van der Waals surface area contributed by atoms with Crippen LogP contribution in [0.15, 0.2) is 0 Å². The van der Waals surface area contributed by atoms with Crippen LogP contribution in [0.5, 0.6) is 0 Å². The Balaban J connectivity index is 2.21. The van der Waals surface area contributed by atoms with Gasteiger partial charge in [0.15, 0.2) is 6.29 Å². The Hall–Kier alpha value is -0.370. The van der Waals surface area contributed by atoms with Crippen LogP contribution in [-0.4, -0.2) is 18.5 Å². The zero-order valence-corrected chi connectivity index (χ0v) is 5.30. The van der Waals surface area contributed by atoms with E-state index >= 15 is 0 Å². The van der Waals surface area contributed by atoms with Crippen molar-refractivity contribution in [1.29, 1.82) is 0 Å². The highest BCUT2D eigenvalue weighted by Crippen LogP contribution is 2.42. The standard InChI is InChI=1S/C7H10O2/c8-5-7-2-1-6(3-7)4-9-7/h5-6H,1-4H2. The molecule has 2 heteroatoms. The van der Waals surface area contributed by atoms with Crippen molar-refractivity contribution in [2.45, 2.75) is 24.9 Å². The van der Waals surface area contributed by atoms with Crippen molar-refractivity contribution < 1.29 is 9.53 Å². The van der Waals surface area contributed by atoms with E-state index in [4.69, 9.17) is 4.74 Å². The predicted molar refractivity (Wildman–Crippen MR) is 32.1 cm³/mol.